The number of hydrogen-bond acceptors (Lipinski definition) is 3. The van der Waals surface area contributed by atoms with E-state index in [1.165, 1.54) is 12.1 Å². The van der Waals surface area contributed by atoms with Crippen molar-refractivity contribution in [3.8, 4) is 0 Å². The zero-order chi connectivity index (χ0) is 21.0. The Morgan fingerprint density at radius 2 is 1.97 bits per heavy atom. The Hall–Kier alpha value is -2.89. The molecule has 6 heteroatoms. The lowest BCUT2D eigenvalue weighted by atomic mass is 9.69. The molecule has 1 fully saturated rings. The van der Waals surface area contributed by atoms with Crippen LogP contribution in [0, 0.1) is 11.2 Å². The van der Waals surface area contributed by atoms with Gasteiger partial charge in [-0.3, -0.25) is 9.59 Å². The van der Waals surface area contributed by atoms with E-state index in [0.717, 1.165) is 11.3 Å². The zero-order valence-corrected chi connectivity index (χ0v) is 16.9. The third-order valence-corrected chi connectivity index (χ3v) is 6.06. The first kappa shape index (κ1) is 19.4. The van der Waals surface area contributed by atoms with E-state index in [9.17, 15) is 14.0 Å². The van der Waals surface area contributed by atoms with Crippen molar-refractivity contribution in [3.63, 3.8) is 0 Å². The number of nitrogens with zero attached hydrogens (tertiary/aromatic N) is 1. The largest absolute Gasteiger partial charge is 0.368 e. The van der Waals surface area contributed by atoms with Crippen LogP contribution in [0.2, 0.25) is 0 Å². The smallest absolute Gasteiger partial charge is 0.240 e. The molecule has 152 valence electrons. The van der Waals surface area contributed by atoms with E-state index in [4.69, 9.17) is 5.73 Å². The predicted octanol–water partition coefficient (Wildman–Crippen LogP) is 3.58. The number of carbonyl (C=O) groups excluding carboxylic acids is 2. The van der Waals surface area contributed by atoms with Gasteiger partial charge in [-0.05, 0) is 48.1 Å². The highest BCUT2D eigenvalue weighted by atomic mass is 19.1. The van der Waals surface area contributed by atoms with Gasteiger partial charge >= 0.3 is 0 Å². The highest BCUT2D eigenvalue weighted by Crippen LogP contribution is 2.53. The van der Waals surface area contributed by atoms with Gasteiger partial charge < -0.3 is 16.0 Å². The van der Waals surface area contributed by atoms with Crippen molar-refractivity contribution in [2.24, 2.45) is 11.1 Å². The molecule has 0 radical (unpaired) electrons. The highest BCUT2D eigenvalue weighted by molar-refractivity contribution is 6.08. The van der Waals surface area contributed by atoms with E-state index >= 15 is 0 Å². The minimum Gasteiger partial charge on any atom is -0.368 e. The molecule has 2 aliphatic rings. The van der Waals surface area contributed by atoms with Crippen molar-refractivity contribution in [1.29, 1.82) is 0 Å². The van der Waals surface area contributed by atoms with Crippen LogP contribution in [0.25, 0.3) is 0 Å². The Morgan fingerprint density at radius 3 is 2.62 bits per heavy atom. The Morgan fingerprint density at radius 1 is 1.24 bits per heavy atom. The van der Waals surface area contributed by atoms with Gasteiger partial charge in [0.05, 0.1) is 5.41 Å². The minimum absolute atomic E-state index is 0.127. The fourth-order valence-electron chi connectivity index (χ4n) is 4.95. The van der Waals surface area contributed by atoms with Crippen LogP contribution in [0.15, 0.2) is 48.5 Å². The van der Waals surface area contributed by atoms with Crippen LogP contribution in [0.5, 0.6) is 0 Å². The quantitative estimate of drug-likeness (QED) is 0.834. The Labute approximate surface area is 170 Å². The molecule has 2 heterocycles. The molecule has 0 aliphatic carbocycles. The van der Waals surface area contributed by atoms with Gasteiger partial charge in [-0.25, -0.2) is 4.39 Å². The fraction of sp³-hybridized carbons (Fsp3) is 0.391. The summed E-state index contributed by atoms with van der Waals surface area (Å²) >= 11 is 0. The number of rotatable bonds is 3. The fourth-order valence-corrected chi connectivity index (χ4v) is 4.95. The number of nitrogens with one attached hydrogen (secondary N) is 1. The first-order valence-corrected chi connectivity index (χ1v) is 9.88. The molecule has 2 aromatic carbocycles. The number of halogens is 1. The SMILES string of the molecule is CC(C)(C)CC1N(c2cccc(F)c2)C(C(N)=O)CC12C(=O)Nc1ccccc12. The average Bonchev–Trinajstić information content (AvgIpc) is 3.11. The van der Waals surface area contributed by atoms with Crippen molar-refractivity contribution in [2.45, 2.75) is 51.1 Å². The molecule has 0 aromatic heterocycles. The van der Waals surface area contributed by atoms with Gasteiger partial charge in [0.25, 0.3) is 0 Å². The zero-order valence-electron chi connectivity index (χ0n) is 16.9. The molecule has 2 aromatic rings. The lowest BCUT2D eigenvalue weighted by Crippen LogP contribution is -2.50. The number of anilines is 2. The molecule has 0 saturated carbocycles. The van der Waals surface area contributed by atoms with E-state index < -0.39 is 23.2 Å². The summed E-state index contributed by atoms with van der Waals surface area (Å²) in [5, 5.41) is 3.00. The number of fused-ring (bicyclic) bond motifs is 2. The maximum atomic E-state index is 14.1. The number of carbonyl (C=O) groups is 2. The summed E-state index contributed by atoms with van der Waals surface area (Å²) in [4.78, 5) is 27.8. The summed E-state index contributed by atoms with van der Waals surface area (Å²) in [5.41, 5.74) is 6.96. The van der Waals surface area contributed by atoms with E-state index in [1.54, 1.807) is 12.1 Å². The second-order valence-corrected chi connectivity index (χ2v) is 9.26. The number of para-hydroxylation sites is 1. The Bertz CT molecular complexity index is 984. The van der Waals surface area contributed by atoms with Gasteiger partial charge in [0, 0.05) is 17.4 Å². The van der Waals surface area contributed by atoms with Crippen LogP contribution >= 0.6 is 0 Å². The van der Waals surface area contributed by atoms with Crippen LogP contribution in [0.3, 0.4) is 0 Å². The summed E-state index contributed by atoms with van der Waals surface area (Å²) in [6.07, 6.45) is 0.900. The van der Waals surface area contributed by atoms with Gasteiger partial charge in [-0.15, -0.1) is 0 Å². The summed E-state index contributed by atoms with van der Waals surface area (Å²) < 4.78 is 14.1. The van der Waals surface area contributed by atoms with Crippen molar-refractivity contribution >= 4 is 23.2 Å². The number of benzene rings is 2. The molecule has 2 amide bonds. The maximum absolute atomic E-state index is 14.1. The van der Waals surface area contributed by atoms with Crippen molar-refractivity contribution in [3.05, 3.63) is 59.9 Å². The molecule has 5 nitrogen and oxygen atoms in total. The molecule has 3 unspecified atom stereocenters. The third kappa shape index (κ3) is 3.07. The Kier molecular flexibility index (Phi) is 4.41. The first-order chi connectivity index (χ1) is 13.6. The monoisotopic (exact) mass is 395 g/mol. The molecule has 1 spiro atoms. The van der Waals surface area contributed by atoms with E-state index in [0.29, 0.717) is 12.1 Å². The second-order valence-electron chi connectivity index (χ2n) is 9.26. The predicted molar refractivity (Wildman–Crippen MR) is 111 cm³/mol. The molecule has 0 bridgehead atoms. The van der Waals surface area contributed by atoms with Crippen LogP contribution in [-0.2, 0) is 15.0 Å². The molecule has 3 N–H and O–H groups in total. The van der Waals surface area contributed by atoms with Gasteiger partial charge in [-0.2, -0.15) is 0 Å². The number of primary amides is 1. The van der Waals surface area contributed by atoms with Crippen LogP contribution in [0.4, 0.5) is 15.8 Å². The number of hydrogen-bond donors (Lipinski definition) is 2. The van der Waals surface area contributed by atoms with E-state index in [-0.39, 0.29) is 23.8 Å². The maximum Gasteiger partial charge on any atom is 0.240 e. The van der Waals surface area contributed by atoms with Crippen LogP contribution in [0.1, 0.15) is 39.2 Å². The molecular weight excluding hydrogens is 369 g/mol. The summed E-state index contributed by atoms with van der Waals surface area (Å²) in [6.45, 7) is 6.29. The van der Waals surface area contributed by atoms with Gasteiger partial charge in [0.2, 0.25) is 11.8 Å². The Balaban J connectivity index is 1.95. The molecule has 2 aliphatic heterocycles. The van der Waals surface area contributed by atoms with E-state index in [2.05, 4.69) is 26.1 Å². The summed E-state index contributed by atoms with van der Waals surface area (Å²) in [5.74, 6) is -1.03. The average molecular weight is 395 g/mol. The summed E-state index contributed by atoms with van der Waals surface area (Å²) in [7, 11) is 0. The molecule has 4 rings (SSSR count). The molecular formula is C23H26FN3O2. The van der Waals surface area contributed by atoms with Crippen molar-refractivity contribution in [2.75, 3.05) is 10.2 Å². The van der Waals surface area contributed by atoms with Crippen LogP contribution in [-0.4, -0.2) is 23.9 Å². The van der Waals surface area contributed by atoms with Crippen molar-refractivity contribution in [1.82, 2.24) is 0 Å². The van der Waals surface area contributed by atoms with Crippen molar-refractivity contribution < 1.29 is 14.0 Å². The third-order valence-electron chi connectivity index (χ3n) is 6.06. The topological polar surface area (TPSA) is 75.4 Å². The highest BCUT2D eigenvalue weighted by Gasteiger charge is 2.62. The lowest BCUT2D eigenvalue weighted by Gasteiger charge is -2.39. The second kappa shape index (κ2) is 6.58. The number of amides is 2. The first-order valence-electron chi connectivity index (χ1n) is 9.88. The van der Waals surface area contributed by atoms with Gasteiger partial charge in [0.15, 0.2) is 0 Å². The number of nitrogens with two attached hydrogens (primary N) is 1. The van der Waals surface area contributed by atoms with E-state index in [1.807, 2.05) is 29.2 Å². The minimum atomic E-state index is -0.921. The standard InChI is InChI=1S/C23H26FN3O2/c1-22(2,3)13-19-23(16-9-4-5-10-17(16)26-21(23)29)12-18(20(25)28)27(19)15-8-6-7-14(24)11-15/h4-11,18-19H,12-13H2,1-3H3,(H2,25,28)(H,26,29). The molecule has 3 atom stereocenters. The van der Waals surface area contributed by atoms with Gasteiger partial charge in [-0.1, -0.05) is 45.0 Å². The molecule has 29 heavy (non-hydrogen) atoms. The van der Waals surface area contributed by atoms with Crippen LogP contribution < -0.4 is 16.0 Å². The lowest BCUT2D eigenvalue weighted by molar-refractivity contribution is -0.121. The normalized spacial score (nSPS) is 25.9. The van der Waals surface area contributed by atoms with Gasteiger partial charge in [0.1, 0.15) is 11.9 Å². The molecule has 1 saturated heterocycles. The summed E-state index contributed by atoms with van der Waals surface area (Å²) in [6, 6.07) is 12.7.